The van der Waals surface area contributed by atoms with Crippen LogP contribution in [0.25, 0.3) is 5.57 Å². The molecule has 0 radical (unpaired) electrons. The van der Waals surface area contributed by atoms with Gasteiger partial charge in [-0.3, -0.25) is 4.79 Å². The number of nitrogens with one attached hydrogen (secondary N) is 1. The second-order valence-corrected chi connectivity index (χ2v) is 12.6. The van der Waals surface area contributed by atoms with Crippen molar-refractivity contribution >= 4 is 39.0 Å². The minimum absolute atomic E-state index is 0.0670. The Hall–Kier alpha value is -2.69. The highest BCUT2D eigenvalue weighted by Gasteiger charge is 2.63. The van der Waals surface area contributed by atoms with E-state index in [1.54, 1.807) is 11.0 Å². The second kappa shape index (κ2) is 8.83. The van der Waals surface area contributed by atoms with Gasteiger partial charge in [-0.2, -0.15) is 4.72 Å². The topological polar surface area (TPSA) is 113 Å². The third kappa shape index (κ3) is 5.03. The van der Waals surface area contributed by atoms with Gasteiger partial charge in [0.25, 0.3) is 10.0 Å². The van der Waals surface area contributed by atoms with E-state index in [-0.39, 0.29) is 16.7 Å². The number of carbonyl (C=O) groups is 2. The molecule has 2 N–H and O–H groups in total. The lowest BCUT2D eigenvalue weighted by molar-refractivity contribution is -0.140. The highest BCUT2D eigenvalue weighted by Crippen LogP contribution is 2.52. The minimum Gasteiger partial charge on any atom is -0.480 e. The number of thiophene rings is 1. The number of hydrogen-bond donors (Lipinski definition) is 2. The van der Waals surface area contributed by atoms with E-state index in [0.29, 0.717) is 19.5 Å². The van der Waals surface area contributed by atoms with Crippen molar-refractivity contribution < 1.29 is 27.9 Å². The van der Waals surface area contributed by atoms with Crippen molar-refractivity contribution in [1.82, 2.24) is 9.62 Å². The van der Waals surface area contributed by atoms with Gasteiger partial charge < -0.3 is 14.7 Å². The van der Waals surface area contributed by atoms with Gasteiger partial charge in [-0.25, -0.2) is 13.2 Å². The van der Waals surface area contributed by atoms with E-state index in [1.807, 2.05) is 57.2 Å². The van der Waals surface area contributed by atoms with Gasteiger partial charge in [0.1, 0.15) is 15.3 Å². The van der Waals surface area contributed by atoms with Gasteiger partial charge in [0, 0.05) is 23.9 Å². The molecule has 4 rings (SSSR count). The first kappa shape index (κ1) is 24.4. The Labute approximate surface area is 203 Å². The maximum Gasteiger partial charge on any atom is 0.410 e. The molecule has 1 saturated carbocycles. The molecule has 2 aliphatic rings. The standard InChI is InChI=1S/C24H28N2O6S2/c1-23(2,3)32-22(29)26-13-11-17(12-14-26)19-9-10-20(33-19)34(30,31)25-24(21(27)28)15-18(24)16-7-5-4-6-8-16/h4-11,18,25H,12-15H2,1-3H3,(H,27,28)/t18-,24+/m1/s1. The molecule has 1 aliphatic heterocycles. The van der Waals surface area contributed by atoms with Gasteiger partial charge in [-0.15, -0.1) is 11.3 Å². The highest BCUT2D eigenvalue weighted by molar-refractivity contribution is 7.91. The lowest BCUT2D eigenvalue weighted by atomic mass is 10.1. The van der Waals surface area contributed by atoms with Crippen LogP contribution in [-0.4, -0.2) is 54.7 Å². The lowest BCUT2D eigenvalue weighted by Gasteiger charge is -2.29. The Balaban J connectivity index is 1.46. The zero-order chi connectivity index (χ0) is 24.7. The molecule has 1 aromatic carbocycles. The number of rotatable bonds is 6. The first-order valence-corrected chi connectivity index (χ1v) is 13.3. The number of carbonyl (C=O) groups excluding carboxylic acids is 1. The smallest absolute Gasteiger partial charge is 0.410 e. The summed E-state index contributed by atoms with van der Waals surface area (Å²) in [6.07, 6.45) is 2.30. The molecule has 2 heterocycles. The Bertz CT molecular complexity index is 1230. The molecule has 1 aromatic heterocycles. The summed E-state index contributed by atoms with van der Waals surface area (Å²) in [5, 5.41) is 9.82. The number of benzene rings is 1. The van der Waals surface area contributed by atoms with E-state index >= 15 is 0 Å². The van der Waals surface area contributed by atoms with E-state index in [4.69, 9.17) is 4.74 Å². The molecule has 2 aromatic rings. The maximum atomic E-state index is 13.1. The molecule has 34 heavy (non-hydrogen) atoms. The molecule has 8 nitrogen and oxygen atoms in total. The number of sulfonamides is 1. The monoisotopic (exact) mass is 504 g/mol. The predicted molar refractivity (Wildman–Crippen MR) is 129 cm³/mol. The number of carboxylic acid groups (broad SMARTS) is 1. The number of aliphatic carboxylic acids is 1. The summed E-state index contributed by atoms with van der Waals surface area (Å²) in [6.45, 7) is 6.30. The van der Waals surface area contributed by atoms with Crippen LogP contribution in [0.2, 0.25) is 0 Å². The molecule has 1 aliphatic carbocycles. The summed E-state index contributed by atoms with van der Waals surface area (Å²) in [7, 11) is -4.03. The van der Waals surface area contributed by atoms with Gasteiger partial charge in [-0.05, 0) is 56.9 Å². The summed E-state index contributed by atoms with van der Waals surface area (Å²) in [5.74, 6) is -1.60. The largest absolute Gasteiger partial charge is 0.480 e. The average molecular weight is 505 g/mol. The summed E-state index contributed by atoms with van der Waals surface area (Å²) >= 11 is 1.10. The van der Waals surface area contributed by atoms with Crippen molar-refractivity contribution in [3.05, 3.63) is 59.0 Å². The van der Waals surface area contributed by atoms with Crippen molar-refractivity contribution in [2.75, 3.05) is 13.1 Å². The van der Waals surface area contributed by atoms with Crippen molar-refractivity contribution in [2.45, 2.75) is 54.9 Å². The average Bonchev–Trinajstić information content (AvgIpc) is 3.26. The molecule has 0 unspecified atom stereocenters. The molecule has 0 bridgehead atoms. The van der Waals surface area contributed by atoms with E-state index in [9.17, 15) is 23.1 Å². The quantitative estimate of drug-likeness (QED) is 0.613. The molecule has 0 saturated heterocycles. The van der Waals surface area contributed by atoms with Crippen molar-refractivity contribution in [3.63, 3.8) is 0 Å². The Morgan fingerprint density at radius 2 is 1.88 bits per heavy atom. The van der Waals surface area contributed by atoms with Crippen LogP contribution in [-0.2, 0) is 19.6 Å². The van der Waals surface area contributed by atoms with Crippen LogP contribution in [0.1, 0.15) is 50.0 Å². The third-order valence-electron chi connectivity index (χ3n) is 5.88. The Morgan fingerprint density at radius 3 is 2.47 bits per heavy atom. The van der Waals surface area contributed by atoms with E-state index in [1.165, 1.54) is 6.07 Å². The van der Waals surface area contributed by atoms with Crippen LogP contribution in [0, 0.1) is 0 Å². The van der Waals surface area contributed by atoms with Crippen LogP contribution >= 0.6 is 11.3 Å². The van der Waals surface area contributed by atoms with Crippen LogP contribution < -0.4 is 4.72 Å². The van der Waals surface area contributed by atoms with Crippen molar-refractivity contribution in [1.29, 1.82) is 0 Å². The lowest BCUT2D eigenvalue weighted by Crippen LogP contribution is -2.44. The van der Waals surface area contributed by atoms with Crippen LogP contribution in [0.4, 0.5) is 4.79 Å². The molecule has 1 fully saturated rings. The molecule has 10 heteroatoms. The SMILES string of the molecule is CC(C)(C)OC(=O)N1CC=C(c2ccc(S(=O)(=O)N[C@@]3(C(=O)O)C[C@@H]3c3ccccc3)s2)CC1. The van der Waals surface area contributed by atoms with Gasteiger partial charge in [-0.1, -0.05) is 36.4 Å². The number of ether oxygens (including phenoxy) is 1. The van der Waals surface area contributed by atoms with Crippen LogP contribution in [0.3, 0.4) is 0 Å². The zero-order valence-corrected chi connectivity index (χ0v) is 20.9. The summed E-state index contributed by atoms with van der Waals surface area (Å²) < 4.78 is 34.1. The van der Waals surface area contributed by atoms with Gasteiger partial charge in [0.05, 0.1) is 0 Å². The van der Waals surface area contributed by atoms with Crippen LogP contribution in [0.15, 0.2) is 52.7 Å². The minimum atomic E-state index is -4.03. The van der Waals surface area contributed by atoms with Crippen LogP contribution in [0.5, 0.6) is 0 Å². The van der Waals surface area contributed by atoms with Gasteiger partial charge in [0.15, 0.2) is 0 Å². The normalized spacial score (nSPS) is 22.7. The van der Waals surface area contributed by atoms with Gasteiger partial charge >= 0.3 is 12.1 Å². The summed E-state index contributed by atoms with van der Waals surface area (Å²) in [5.41, 5.74) is -0.365. The molecule has 2 atom stereocenters. The van der Waals surface area contributed by atoms with E-state index in [0.717, 1.165) is 27.4 Å². The number of carboxylic acids is 1. The molecule has 182 valence electrons. The molecular formula is C24H28N2O6S2. The first-order valence-electron chi connectivity index (χ1n) is 11.0. The third-order valence-corrected chi connectivity index (χ3v) is 9.05. The van der Waals surface area contributed by atoms with E-state index < -0.39 is 33.1 Å². The first-order chi connectivity index (χ1) is 15.9. The number of hydrogen-bond acceptors (Lipinski definition) is 6. The summed E-state index contributed by atoms with van der Waals surface area (Å²) in [4.78, 5) is 26.7. The van der Waals surface area contributed by atoms with E-state index in [2.05, 4.69) is 4.72 Å². The highest BCUT2D eigenvalue weighted by atomic mass is 32.2. The Morgan fingerprint density at radius 1 is 1.18 bits per heavy atom. The second-order valence-electron chi connectivity index (χ2n) is 9.57. The Kier molecular flexibility index (Phi) is 6.34. The summed E-state index contributed by atoms with van der Waals surface area (Å²) in [6, 6.07) is 12.3. The fourth-order valence-corrected chi connectivity index (χ4v) is 6.83. The zero-order valence-electron chi connectivity index (χ0n) is 19.3. The molecule has 0 spiro atoms. The van der Waals surface area contributed by atoms with Gasteiger partial charge in [0.2, 0.25) is 0 Å². The number of amides is 1. The van der Waals surface area contributed by atoms with Crippen molar-refractivity contribution in [2.24, 2.45) is 0 Å². The maximum absolute atomic E-state index is 13.1. The fraction of sp³-hybridized carbons (Fsp3) is 0.417. The predicted octanol–water partition coefficient (Wildman–Crippen LogP) is 4.06. The fourth-order valence-electron chi connectivity index (χ4n) is 4.06. The molecular weight excluding hydrogens is 476 g/mol. The van der Waals surface area contributed by atoms with Crippen molar-refractivity contribution in [3.8, 4) is 0 Å². The molecule has 1 amide bonds. The number of nitrogens with zero attached hydrogens (tertiary/aromatic N) is 1.